The second-order valence-electron chi connectivity index (χ2n) is 4.59. The highest BCUT2D eigenvalue weighted by Gasteiger charge is 2.22. The summed E-state index contributed by atoms with van der Waals surface area (Å²) in [5, 5.41) is 6.31. The molecule has 1 aliphatic rings. The second kappa shape index (κ2) is 7.22. The van der Waals surface area contributed by atoms with Gasteiger partial charge in [0.25, 0.3) is 5.91 Å². The Kier molecular flexibility index (Phi) is 6.23. The summed E-state index contributed by atoms with van der Waals surface area (Å²) in [7, 11) is 0. The lowest BCUT2D eigenvalue weighted by Gasteiger charge is -2.30. The van der Waals surface area contributed by atoms with Crippen LogP contribution in [0.4, 0.5) is 4.39 Å². The smallest absolute Gasteiger partial charge is 0.251 e. The van der Waals surface area contributed by atoms with Gasteiger partial charge >= 0.3 is 0 Å². The molecule has 1 aliphatic heterocycles. The van der Waals surface area contributed by atoms with Crippen LogP contribution in [0.2, 0.25) is 0 Å². The molecule has 1 heterocycles. The van der Waals surface area contributed by atoms with E-state index in [1.807, 2.05) is 0 Å². The maximum Gasteiger partial charge on any atom is 0.251 e. The Labute approximate surface area is 126 Å². The van der Waals surface area contributed by atoms with E-state index in [1.165, 1.54) is 18.2 Å². The van der Waals surface area contributed by atoms with Gasteiger partial charge in [0.2, 0.25) is 0 Å². The molecule has 2 N–H and O–H groups in total. The van der Waals surface area contributed by atoms with Gasteiger partial charge in [0, 0.05) is 17.6 Å². The lowest BCUT2D eigenvalue weighted by molar-refractivity contribution is 0.0919. The third kappa shape index (κ3) is 4.16. The quantitative estimate of drug-likeness (QED) is 0.860. The number of carbonyl (C=O) groups excluding carboxylic acids is 1. The van der Waals surface area contributed by atoms with Crippen LogP contribution in [0.3, 0.4) is 0 Å². The van der Waals surface area contributed by atoms with E-state index in [0.717, 1.165) is 19.4 Å². The molecule has 0 aliphatic carbocycles. The van der Waals surface area contributed by atoms with Crippen molar-refractivity contribution in [2.75, 3.05) is 6.54 Å². The first-order chi connectivity index (χ1) is 8.58. The van der Waals surface area contributed by atoms with Gasteiger partial charge in [-0.05, 0) is 60.4 Å². The molecule has 1 aromatic carbocycles. The number of hydrogen-bond donors (Lipinski definition) is 2. The predicted octanol–water partition coefficient (Wildman–Crippen LogP) is 2.88. The highest BCUT2D eigenvalue weighted by atomic mass is 79.9. The number of nitrogens with one attached hydrogen (secondary N) is 2. The molecule has 1 amide bonds. The zero-order valence-electron chi connectivity index (χ0n) is 10.6. The maximum atomic E-state index is 13.1. The third-order valence-electron chi connectivity index (χ3n) is 3.26. The van der Waals surface area contributed by atoms with Crippen LogP contribution in [-0.4, -0.2) is 24.5 Å². The first-order valence-corrected chi connectivity index (χ1v) is 6.86. The fraction of sp³-hybridized carbons (Fsp3) is 0.462. The van der Waals surface area contributed by atoms with Crippen molar-refractivity contribution in [3.63, 3.8) is 0 Å². The second-order valence-corrected chi connectivity index (χ2v) is 5.45. The average Bonchev–Trinajstić information content (AvgIpc) is 2.35. The molecule has 1 aromatic rings. The van der Waals surface area contributed by atoms with E-state index in [0.29, 0.717) is 10.0 Å². The maximum absolute atomic E-state index is 13.1. The summed E-state index contributed by atoms with van der Waals surface area (Å²) in [5.41, 5.74) is 0.473. The van der Waals surface area contributed by atoms with Gasteiger partial charge in [-0.1, -0.05) is 0 Å². The summed E-state index contributed by atoms with van der Waals surface area (Å²) in [6.45, 7) is 3.06. The van der Waals surface area contributed by atoms with Crippen LogP contribution in [0.1, 0.15) is 30.1 Å². The van der Waals surface area contributed by atoms with Gasteiger partial charge < -0.3 is 10.6 Å². The lowest BCUT2D eigenvalue weighted by atomic mass is 9.99. The van der Waals surface area contributed by atoms with Crippen LogP contribution >= 0.6 is 28.3 Å². The van der Waals surface area contributed by atoms with Gasteiger partial charge in [-0.3, -0.25) is 4.79 Å². The fourth-order valence-electron chi connectivity index (χ4n) is 2.13. The van der Waals surface area contributed by atoms with E-state index in [2.05, 4.69) is 33.5 Å². The largest absolute Gasteiger partial charge is 0.348 e. The van der Waals surface area contributed by atoms with Crippen molar-refractivity contribution in [1.82, 2.24) is 10.6 Å². The van der Waals surface area contributed by atoms with Gasteiger partial charge in [0.05, 0.1) is 4.47 Å². The average molecular weight is 352 g/mol. The summed E-state index contributed by atoms with van der Waals surface area (Å²) < 4.78 is 13.4. The molecule has 0 radical (unpaired) electrons. The molecule has 6 heteroatoms. The molecule has 0 bridgehead atoms. The van der Waals surface area contributed by atoms with Crippen LogP contribution in [-0.2, 0) is 0 Å². The minimum absolute atomic E-state index is 0. The molecule has 0 aromatic heterocycles. The standard InChI is InChI=1S/C13H16BrFN2O.ClH/c1-8-12(3-2-6-16-8)17-13(18)9-4-5-11(15)10(14)7-9;/h4-5,7-8,12,16H,2-3,6H2,1H3,(H,17,18);1H. The summed E-state index contributed by atoms with van der Waals surface area (Å²) in [6.07, 6.45) is 2.03. The minimum Gasteiger partial charge on any atom is -0.348 e. The Morgan fingerprint density at radius 3 is 2.89 bits per heavy atom. The van der Waals surface area contributed by atoms with Gasteiger partial charge in [0.1, 0.15) is 5.82 Å². The van der Waals surface area contributed by atoms with E-state index >= 15 is 0 Å². The molecule has 19 heavy (non-hydrogen) atoms. The summed E-state index contributed by atoms with van der Waals surface area (Å²) in [4.78, 5) is 12.0. The molecular weight excluding hydrogens is 335 g/mol. The van der Waals surface area contributed by atoms with Crippen LogP contribution in [0.15, 0.2) is 22.7 Å². The molecule has 0 saturated carbocycles. The van der Waals surface area contributed by atoms with Crippen molar-refractivity contribution in [3.8, 4) is 0 Å². The number of carbonyl (C=O) groups is 1. The van der Waals surface area contributed by atoms with E-state index in [1.54, 1.807) is 0 Å². The molecule has 2 atom stereocenters. The van der Waals surface area contributed by atoms with Crippen molar-refractivity contribution in [2.24, 2.45) is 0 Å². The Hall–Kier alpha value is -0.650. The molecule has 2 rings (SSSR count). The van der Waals surface area contributed by atoms with Gasteiger partial charge in [-0.25, -0.2) is 4.39 Å². The molecule has 0 spiro atoms. The summed E-state index contributed by atoms with van der Waals surface area (Å²) >= 11 is 3.08. The van der Waals surface area contributed by atoms with Crippen molar-refractivity contribution < 1.29 is 9.18 Å². The molecule has 1 fully saturated rings. The Balaban J connectivity index is 0.00000180. The predicted molar refractivity (Wildman–Crippen MR) is 79.3 cm³/mol. The van der Waals surface area contributed by atoms with E-state index in [4.69, 9.17) is 0 Å². The van der Waals surface area contributed by atoms with Gasteiger partial charge in [-0.2, -0.15) is 0 Å². The molecule has 1 saturated heterocycles. The summed E-state index contributed by atoms with van der Waals surface area (Å²) in [5.74, 6) is -0.518. The van der Waals surface area contributed by atoms with E-state index in [9.17, 15) is 9.18 Å². The minimum atomic E-state index is -0.362. The van der Waals surface area contributed by atoms with Crippen LogP contribution in [0.25, 0.3) is 0 Å². The van der Waals surface area contributed by atoms with Crippen molar-refractivity contribution in [1.29, 1.82) is 0 Å². The van der Waals surface area contributed by atoms with Crippen LogP contribution < -0.4 is 10.6 Å². The monoisotopic (exact) mass is 350 g/mol. The number of piperidine rings is 1. The topological polar surface area (TPSA) is 41.1 Å². The Morgan fingerprint density at radius 2 is 2.26 bits per heavy atom. The first-order valence-electron chi connectivity index (χ1n) is 6.07. The molecular formula is C13H17BrClFN2O. The number of benzene rings is 1. The number of halogens is 3. The van der Waals surface area contributed by atoms with Crippen molar-refractivity contribution in [2.45, 2.75) is 31.8 Å². The highest BCUT2D eigenvalue weighted by molar-refractivity contribution is 9.10. The number of rotatable bonds is 2. The fourth-order valence-corrected chi connectivity index (χ4v) is 2.51. The molecule has 3 nitrogen and oxygen atoms in total. The highest BCUT2D eigenvalue weighted by Crippen LogP contribution is 2.17. The van der Waals surface area contributed by atoms with Gasteiger partial charge in [0.15, 0.2) is 0 Å². The normalized spacial score (nSPS) is 22.5. The SMILES string of the molecule is CC1NCCCC1NC(=O)c1ccc(F)c(Br)c1.Cl. The number of hydrogen-bond acceptors (Lipinski definition) is 2. The van der Waals surface area contributed by atoms with E-state index in [-0.39, 0.29) is 36.2 Å². The van der Waals surface area contributed by atoms with Crippen molar-refractivity contribution in [3.05, 3.63) is 34.1 Å². The van der Waals surface area contributed by atoms with Crippen LogP contribution in [0.5, 0.6) is 0 Å². The van der Waals surface area contributed by atoms with Gasteiger partial charge in [-0.15, -0.1) is 12.4 Å². The zero-order valence-corrected chi connectivity index (χ0v) is 13.0. The third-order valence-corrected chi connectivity index (χ3v) is 3.87. The van der Waals surface area contributed by atoms with Crippen molar-refractivity contribution >= 4 is 34.2 Å². The zero-order chi connectivity index (χ0) is 13.1. The Morgan fingerprint density at radius 1 is 1.53 bits per heavy atom. The Bertz CT molecular complexity index is 458. The van der Waals surface area contributed by atoms with E-state index < -0.39 is 0 Å². The lowest BCUT2D eigenvalue weighted by Crippen LogP contribution is -2.51. The summed E-state index contributed by atoms with van der Waals surface area (Å²) in [6, 6.07) is 4.70. The van der Waals surface area contributed by atoms with Crippen LogP contribution in [0, 0.1) is 5.82 Å². The first kappa shape index (κ1) is 16.4. The molecule has 2 unspecified atom stereocenters. The number of amides is 1. The molecule has 106 valence electrons.